The van der Waals surface area contributed by atoms with Crippen LogP contribution in [0, 0.1) is 62.3 Å². The van der Waals surface area contributed by atoms with E-state index in [1.54, 1.807) is 36.4 Å². The third kappa shape index (κ3) is 9.23. The Morgan fingerprint density at radius 2 is 0.750 bits per heavy atom. The Balaban J connectivity index is 1.26. The van der Waals surface area contributed by atoms with Crippen molar-refractivity contribution in [3.63, 3.8) is 0 Å². The van der Waals surface area contributed by atoms with Gasteiger partial charge in [-0.05, 0) is 212 Å². The van der Waals surface area contributed by atoms with Crippen molar-refractivity contribution in [1.82, 2.24) is 0 Å². The topological polar surface area (TPSA) is 142 Å². The van der Waals surface area contributed by atoms with Crippen LogP contribution in [0.1, 0.15) is 161 Å². The lowest BCUT2D eigenvalue weighted by Crippen LogP contribution is -2.11. The first-order chi connectivity index (χ1) is 32.3. The highest BCUT2D eigenvalue weighted by molar-refractivity contribution is 5.61. The van der Waals surface area contributed by atoms with Crippen LogP contribution in [0.2, 0.25) is 0 Å². The molecule has 0 bridgehead atoms. The fourth-order valence-electron chi connectivity index (χ4n) is 11.0. The predicted octanol–water partition coefficient (Wildman–Crippen LogP) is 14.0. The zero-order valence-corrected chi connectivity index (χ0v) is 41.0. The number of aryl methyl sites for hydroxylation is 8. The van der Waals surface area contributed by atoms with Gasteiger partial charge in [0.2, 0.25) is 0 Å². The minimum Gasteiger partial charge on any atom is -0.508 e. The molecule has 352 valence electrons. The van der Waals surface area contributed by atoms with Crippen molar-refractivity contribution in [3.05, 3.63) is 202 Å². The maximum absolute atomic E-state index is 12.6. The Labute approximate surface area is 401 Å². The van der Waals surface area contributed by atoms with Crippen LogP contribution in [0.15, 0.2) is 91.0 Å². The molecule has 1 saturated carbocycles. The highest BCUT2D eigenvalue weighted by Crippen LogP contribution is 2.47. The van der Waals surface area contributed by atoms with Crippen LogP contribution in [-0.2, 0) is 12.8 Å². The van der Waals surface area contributed by atoms with Gasteiger partial charge in [0.15, 0.2) is 0 Å². The van der Waals surface area contributed by atoms with E-state index in [1.807, 2.05) is 104 Å². The average molecular weight is 911 g/mol. The normalized spacial score (nSPS) is 13.2. The van der Waals surface area contributed by atoms with Crippen molar-refractivity contribution in [2.45, 2.75) is 125 Å². The lowest BCUT2D eigenvalue weighted by molar-refractivity contribution is 0.437. The maximum Gasteiger partial charge on any atom is 0.122 e. The molecule has 0 aromatic heterocycles. The molecule has 7 aromatic rings. The van der Waals surface area contributed by atoms with E-state index in [0.29, 0.717) is 29.9 Å². The highest BCUT2D eigenvalue weighted by Gasteiger charge is 2.29. The van der Waals surface area contributed by atoms with Crippen LogP contribution >= 0.6 is 0 Å². The minimum absolute atomic E-state index is 0.127. The summed E-state index contributed by atoms with van der Waals surface area (Å²) in [5, 5.41) is 78.9. The third-order valence-corrected chi connectivity index (χ3v) is 15.0. The van der Waals surface area contributed by atoms with Gasteiger partial charge < -0.3 is 35.7 Å². The van der Waals surface area contributed by atoms with Crippen LogP contribution in [0.3, 0.4) is 0 Å². The molecule has 7 nitrogen and oxygen atoms in total. The van der Waals surface area contributed by atoms with Gasteiger partial charge in [-0.3, -0.25) is 0 Å². The number of aromatic hydroxyl groups is 7. The van der Waals surface area contributed by atoms with Gasteiger partial charge in [-0.15, -0.1) is 0 Å². The van der Waals surface area contributed by atoms with Gasteiger partial charge in [0, 0.05) is 41.4 Å². The molecule has 1 aliphatic rings. The molecule has 68 heavy (non-hydrogen) atoms. The van der Waals surface area contributed by atoms with Crippen LogP contribution < -0.4 is 0 Å². The predicted molar refractivity (Wildman–Crippen MR) is 273 cm³/mol. The first-order valence-corrected chi connectivity index (χ1v) is 24.0. The van der Waals surface area contributed by atoms with E-state index >= 15 is 0 Å². The van der Waals surface area contributed by atoms with Crippen molar-refractivity contribution in [3.8, 4) is 40.2 Å². The number of rotatable bonds is 11. The van der Waals surface area contributed by atoms with Crippen molar-refractivity contribution in [2.75, 3.05) is 0 Å². The number of hydrogen-bond donors (Lipinski definition) is 7. The van der Waals surface area contributed by atoms with Crippen LogP contribution in [0.4, 0.5) is 0 Å². The highest BCUT2D eigenvalue weighted by atomic mass is 16.3. The summed E-state index contributed by atoms with van der Waals surface area (Å²) in [6, 6.07) is 28.6. The van der Waals surface area contributed by atoms with Crippen molar-refractivity contribution in [1.29, 1.82) is 0 Å². The summed E-state index contributed by atoms with van der Waals surface area (Å²) >= 11 is 0. The van der Waals surface area contributed by atoms with Gasteiger partial charge in [-0.2, -0.15) is 0 Å². The van der Waals surface area contributed by atoms with Gasteiger partial charge in [0.1, 0.15) is 40.2 Å². The Bertz CT molecular complexity index is 2970. The molecule has 0 atom stereocenters. The van der Waals surface area contributed by atoms with Crippen LogP contribution in [0.5, 0.6) is 40.2 Å². The standard InChI is InChI=1S/C61H66O7/c1-32-23-55(64)36(5)19-45(32)59(46-20-37(6)56(65)24-33(46)2)51-29-41(15-17-53(51)62)27-44-31-49(43-13-11-10-12-14-43)40(9)50(61(44)68)28-42-16-18-54(63)52(30-42)60(47-21-38(7)57(66)25-34(47)3)48-22-39(8)58(67)26-35(48)4/h15-26,29-31,43,59-60,62-68H,10-14,27-28H2,1-9H3. The molecule has 0 aliphatic heterocycles. The molecule has 0 unspecified atom stereocenters. The summed E-state index contributed by atoms with van der Waals surface area (Å²) in [7, 11) is 0. The smallest absolute Gasteiger partial charge is 0.122 e. The third-order valence-electron chi connectivity index (χ3n) is 15.0. The molecule has 7 heteroatoms. The van der Waals surface area contributed by atoms with Crippen LogP contribution in [0.25, 0.3) is 0 Å². The molecule has 0 spiro atoms. The Hall–Kier alpha value is -6.86. The second-order valence-electron chi connectivity index (χ2n) is 19.9. The molecule has 7 aromatic carbocycles. The first-order valence-electron chi connectivity index (χ1n) is 24.0. The number of benzene rings is 7. The van der Waals surface area contributed by atoms with Crippen molar-refractivity contribution >= 4 is 0 Å². The van der Waals surface area contributed by atoms with Gasteiger partial charge in [0.05, 0.1) is 0 Å². The fraction of sp³-hybridized carbons (Fsp3) is 0.311. The molecule has 0 radical (unpaired) electrons. The molecule has 8 rings (SSSR count). The van der Waals surface area contributed by atoms with Crippen molar-refractivity contribution in [2.24, 2.45) is 0 Å². The van der Waals surface area contributed by atoms with E-state index < -0.39 is 11.8 Å². The largest absolute Gasteiger partial charge is 0.508 e. The maximum atomic E-state index is 12.6. The summed E-state index contributed by atoms with van der Waals surface area (Å²) in [5.41, 5.74) is 17.3. The molecule has 0 saturated heterocycles. The van der Waals surface area contributed by atoms with Gasteiger partial charge in [0.25, 0.3) is 0 Å². The SMILES string of the molecule is Cc1cc(C(c2cc(C)c(O)cc2C)c2cc(Cc3cc(C4CCCCC4)c(C)c(Cc4ccc(O)c(C(c5cc(C)c(O)cc5C)c5cc(C)c(O)cc5C)c4)c3O)ccc2O)c(C)cc1O. The van der Waals surface area contributed by atoms with E-state index in [0.717, 1.165) is 120 Å². The quantitative estimate of drug-likeness (QED) is 0.0641. The lowest BCUT2D eigenvalue weighted by atomic mass is 9.77. The lowest BCUT2D eigenvalue weighted by Gasteiger charge is -2.27. The zero-order valence-electron chi connectivity index (χ0n) is 41.0. The fourth-order valence-corrected chi connectivity index (χ4v) is 11.0. The summed E-state index contributed by atoms with van der Waals surface area (Å²) in [4.78, 5) is 0. The Morgan fingerprint density at radius 3 is 1.13 bits per heavy atom. The van der Waals surface area contributed by atoms with E-state index in [1.165, 1.54) is 12.0 Å². The Morgan fingerprint density at radius 1 is 0.382 bits per heavy atom. The first kappa shape index (κ1) is 47.6. The molecule has 0 heterocycles. The number of phenols is 7. The summed E-state index contributed by atoms with van der Waals surface area (Å²) < 4.78 is 0. The zero-order chi connectivity index (χ0) is 48.9. The summed E-state index contributed by atoms with van der Waals surface area (Å²) in [6.07, 6.45) is 6.49. The van der Waals surface area contributed by atoms with Crippen LogP contribution in [-0.4, -0.2) is 35.7 Å². The molecular weight excluding hydrogens is 845 g/mol. The van der Waals surface area contributed by atoms with E-state index in [-0.39, 0.29) is 40.2 Å². The average Bonchev–Trinajstić information content (AvgIpc) is 3.29. The monoisotopic (exact) mass is 910 g/mol. The van der Waals surface area contributed by atoms with E-state index in [2.05, 4.69) is 13.0 Å². The summed E-state index contributed by atoms with van der Waals surface area (Å²) in [5.74, 6) is 0.792. The molecule has 7 N–H and O–H groups in total. The number of hydrogen-bond acceptors (Lipinski definition) is 7. The van der Waals surface area contributed by atoms with E-state index in [4.69, 9.17) is 0 Å². The second-order valence-corrected chi connectivity index (χ2v) is 19.9. The molecule has 0 amide bonds. The van der Waals surface area contributed by atoms with Gasteiger partial charge in [-0.25, -0.2) is 0 Å². The van der Waals surface area contributed by atoms with Crippen molar-refractivity contribution < 1.29 is 35.7 Å². The van der Waals surface area contributed by atoms with E-state index in [9.17, 15) is 35.7 Å². The molecular formula is C61H66O7. The molecule has 1 fully saturated rings. The minimum atomic E-state index is -0.427. The van der Waals surface area contributed by atoms with Gasteiger partial charge >= 0.3 is 0 Å². The van der Waals surface area contributed by atoms with Gasteiger partial charge in [-0.1, -0.05) is 73.9 Å². The second kappa shape index (κ2) is 19.0. The summed E-state index contributed by atoms with van der Waals surface area (Å²) in [6.45, 7) is 17.5. The molecule has 1 aliphatic carbocycles. The number of phenolic OH excluding ortho intramolecular Hbond substituents is 7. The Kier molecular flexibility index (Phi) is 13.3.